The molecule has 1 aromatic heterocycles. The number of rotatable bonds is 6. The van der Waals surface area contributed by atoms with Crippen molar-refractivity contribution in [3.63, 3.8) is 0 Å². The van der Waals surface area contributed by atoms with Crippen molar-refractivity contribution in [2.75, 3.05) is 5.75 Å². The monoisotopic (exact) mass is 287 g/mol. The summed E-state index contributed by atoms with van der Waals surface area (Å²) in [6.07, 6.45) is 3.38. The lowest BCUT2D eigenvalue weighted by Crippen LogP contribution is -2.11. The highest BCUT2D eigenvalue weighted by molar-refractivity contribution is 7.98. The van der Waals surface area contributed by atoms with E-state index in [1.165, 1.54) is 12.5 Å². The van der Waals surface area contributed by atoms with Crippen LogP contribution in [-0.2, 0) is 15.3 Å². The van der Waals surface area contributed by atoms with Gasteiger partial charge in [-0.3, -0.25) is 9.78 Å². The van der Waals surface area contributed by atoms with Gasteiger partial charge < -0.3 is 4.74 Å². The minimum absolute atomic E-state index is 0.194. The number of aromatic nitrogens is 1. The van der Waals surface area contributed by atoms with Crippen LogP contribution in [0.4, 0.5) is 0 Å². The molecule has 4 heteroatoms. The molecule has 0 aliphatic heterocycles. The first-order valence-electron chi connectivity index (χ1n) is 6.44. The zero-order chi connectivity index (χ0) is 14.2. The number of hydrogen-bond acceptors (Lipinski definition) is 4. The highest BCUT2D eigenvalue weighted by Gasteiger charge is 2.14. The molecule has 0 radical (unpaired) electrons. The third-order valence-electron chi connectivity index (χ3n) is 2.77. The van der Waals surface area contributed by atoms with Gasteiger partial charge in [0, 0.05) is 30.8 Å². The first-order chi connectivity index (χ1) is 9.75. The minimum Gasteiger partial charge on any atom is -0.457 e. The summed E-state index contributed by atoms with van der Waals surface area (Å²) >= 11 is 1.75. The molecule has 3 nitrogen and oxygen atoms in total. The molecule has 0 N–H and O–H groups in total. The summed E-state index contributed by atoms with van der Waals surface area (Å²) in [7, 11) is 0. The van der Waals surface area contributed by atoms with E-state index in [4.69, 9.17) is 4.74 Å². The second kappa shape index (κ2) is 7.70. The molecule has 1 atom stereocenters. The van der Waals surface area contributed by atoms with Crippen molar-refractivity contribution in [1.82, 2.24) is 4.98 Å². The molecule has 0 aliphatic carbocycles. The Morgan fingerprint density at radius 3 is 2.55 bits per heavy atom. The Labute approximate surface area is 123 Å². The van der Waals surface area contributed by atoms with E-state index in [2.05, 4.69) is 4.98 Å². The molecule has 0 fully saturated rings. The van der Waals surface area contributed by atoms with Crippen LogP contribution in [0, 0.1) is 0 Å². The smallest absolute Gasteiger partial charge is 0.303 e. The molecule has 1 heterocycles. The fourth-order valence-electron chi connectivity index (χ4n) is 1.83. The SMILES string of the molecule is CC(=O)OC(CSCc1ccncc1)c1ccccc1. The van der Waals surface area contributed by atoms with Crippen molar-refractivity contribution in [2.45, 2.75) is 18.8 Å². The standard InChI is InChI=1S/C16H17NO2S/c1-13(18)19-16(15-5-3-2-4-6-15)12-20-11-14-7-9-17-10-8-14/h2-10,16H,11-12H2,1H3. The molecule has 2 rings (SSSR count). The molecular weight excluding hydrogens is 270 g/mol. The van der Waals surface area contributed by atoms with Gasteiger partial charge in [0.1, 0.15) is 6.10 Å². The lowest BCUT2D eigenvalue weighted by Gasteiger charge is -2.17. The van der Waals surface area contributed by atoms with Crippen LogP contribution in [0.25, 0.3) is 0 Å². The molecule has 104 valence electrons. The molecule has 0 bridgehead atoms. The average Bonchev–Trinajstić information content (AvgIpc) is 2.48. The summed E-state index contributed by atoms with van der Waals surface area (Å²) in [6, 6.07) is 13.8. The number of ether oxygens (including phenoxy) is 1. The quantitative estimate of drug-likeness (QED) is 0.761. The first-order valence-corrected chi connectivity index (χ1v) is 7.60. The largest absolute Gasteiger partial charge is 0.457 e. The van der Waals surface area contributed by atoms with Crippen LogP contribution in [0.1, 0.15) is 24.2 Å². The molecule has 1 aromatic carbocycles. The zero-order valence-electron chi connectivity index (χ0n) is 11.4. The lowest BCUT2D eigenvalue weighted by molar-refractivity contribution is -0.145. The second-order valence-corrected chi connectivity index (χ2v) is 5.41. The second-order valence-electron chi connectivity index (χ2n) is 4.38. The van der Waals surface area contributed by atoms with Crippen LogP contribution in [0.3, 0.4) is 0 Å². The fourth-order valence-corrected chi connectivity index (χ4v) is 2.85. The van der Waals surface area contributed by atoms with Gasteiger partial charge in [0.15, 0.2) is 0 Å². The molecule has 1 unspecified atom stereocenters. The molecule has 2 aromatic rings. The Morgan fingerprint density at radius 2 is 1.90 bits per heavy atom. The van der Waals surface area contributed by atoms with Gasteiger partial charge in [-0.15, -0.1) is 0 Å². The number of esters is 1. The molecule has 0 spiro atoms. The maximum absolute atomic E-state index is 11.2. The van der Waals surface area contributed by atoms with E-state index < -0.39 is 0 Å². The number of carbonyl (C=O) groups excluding carboxylic acids is 1. The van der Waals surface area contributed by atoms with E-state index in [-0.39, 0.29) is 12.1 Å². The third kappa shape index (κ3) is 4.70. The number of nitrogens with zero attached hydrogens (tertiary/aromatic N) is 1. The van der Waals surface area contributed by atoms with E-state index in [0.29, 0.717) is 0 Å². The van der Waals surface area contributed by atoms with Crippen LogP contribution in [-0.4, -0.2) is 16.7 Å². The summed E-state index contributed by atoms with van der Waals surface area (Å²) in [6.45, 7) is 1.45. The Hall–Kier alpha value is -1.81. The van der Waals surface area contributed by atoms with Gasteiger partial charge >= 0.3 is 5.97 Å². The third-order valence-corrected chi connectivity index (χ3v) is 3.84. The maximum Gasteiger partial charge on any atom is 0.303 e. The van der Waals surface area contributed by atoms with Crippen molar-refractivity contribution >= 4 is 17.7 Å². The normalized spacial score (nSPS) is 11.8. The summed E-state index contributed by atoms with van der Waals surface area (Å²) in [4.78, 5) is 15.2. The van der Waals surface area contributed by atoms with Crippen molar-refractivity contribution < 1.29 is 9.53 Å². The van der Waals surface area contributed by atoms with Gasteiger partial charge in [0.2, 0.25) is 0 Å². The van der Waals surface area contributed by atoms with Crippen LogP contribution >= 0.6 is 11.8 Å². The summed E-state index contributed by atoms with van der Waals surface area (Å²) in [5.74, 6) is 1.38. The minimum atomic E-state index is -0.247. The number of carbonyl (C=O) groups is 1. The summed E-state index contributed by atoms with van der Waals surface area (Å²) < 4.78 is 5.40. The van der Waals surface area contributed by atoms with Crippen LogP contribution in [0.15, 0.2) is 54.9 Å². The van der Waals surface area contributed by atoms with Crippen molar-refractivity contribution in [3.8, 4) is 0 Å². The fraction of sp³-hybridized carbons (Fsp3) is 0.250. The van der Waals surface area contributed by atoms with Gasteiger partial charge in [-0.2, -0.15) is 11.8 Å². The van der Waals surface area contributed by atoms with Crippen molar-refractivity contribution in [2.24, 2.45) is 0 Å². The van der Waals surface area contributed by atoms with Gasteiger partial charge in [-0.25, -0.2) is 0 Å². The first kappa shape index (κ1) is 14.6. The predicted molar refractivity (Wildman–Crippen MR) is 81.3 cm³/mol. The van der Waals surface area contributed by atoms with Gasteiger partial charge in [-0.05, 0) is 23.3 Å². The lowest BCUT2D eigenvalue weighted by atomic mass is 10.1. The van der Waals surface area contributed by atoms with Gasteiger partial charge in [0.25, 0.3) is 0 Å². The van der Waals surface area contributed by atoms with E-state index in [9.17, 15) is 4.79 Å². The van der Waals surface area contributed by atoms with E-state index in [0.717, 1.165) is 17.1 Å². The highest BCUT2D eigenvalue weighted by Crippen LogP contribution is 2.24. The molecule has 0 saturated carbocycles. The number of thioether (sulfide) groups is 1. The van der Waals surface area contributed by atoms with Gasteiger partial charge in [-0.1, -0.05) is 30.3 Å². The summed E-state index contributed by atoms with van der Waals surface area (Å²) in [5.41, 5.74) is 2.25. The van der Waals surface area contributed by atoms with Crippen molar-refractivity contribution in [1.29, 1.82) is 0 Å². The number of pyridine rings is 1. The van der Waals surface area contributed by atoms with E-state index >= 15 is 0 Å². The molecular formula is C16H17NO2S. The Morgan fingerprint density at radius 1 is 1.20 bits per heavy atom. The topological polar surface area (TPSA) is 39.2 Å². The Kier molecular flexibility index (Phi) is 5.62. The maximum atomic E-state index is 11.2. The molecule has 0 saturated heterocycles. The number of hydrogen-bond donors (Lipinski definition) is 0. The highest BCUT2D eigenvalue weighted by atomic mass is 32.2. The Bertz CT molecular complexity index is 531. The van der Waals surface area contributed by atoms with Crippen LogP contribution in [0.2, 0.25) is 0 Å². The van der Waals surface area contributed by atoms with Gasteiger partial charge in [0.05, 0.1) is 0 Å². The Balaban J connectivity index is 1.93. The molecule has 0 aliphatic rings. The predicted octanol–water partition coefficient (Wildman–Crippen LogP) is 3.62. The average molecular weight is 287 g/mol. The zero-order valence-corrected chi connectivity index (χ0v) is 12.2. The van der Waals surface area contributed by atoms with Crippen LogP contribution in [0.5, 0.6) is 0 Å². The van der Waals surface area contributed by atoms with E-state index in [1.807, 2.05) is 42.5 Å². The summed E-state index contributed by atoms with van der Waals surface area (Å²) in [5, 5.41) is 0. The van der Waals surface area contributed by atoms with Crippen LogP contribution < -0.4 is 0 Å². The number of benzene rings is 1. The van der Waals surface area contributed by atoms with E-state index in [1.54, 1.807) is 24.2 Å². The molecule has 20 heavy (non-hydrogen) atoms. The molecule has 0 amide bonds. The van der Waals surface area contributed by atoms with Crippen molar-refractivity contribution in [3.05, 3.63) is 66.0 Å².